The summed E-state index contributed by atoms with van der Waals surface area (Å²) in [4.78, 5) is 29.1. The number of carbonyl (C=O) groups is 2. The Bertz CT molecular complexity index is 724. The third-order valence-electron chi connectivity index (χ3n) is 4.43. The van der Waals surface area contributed by atoms with Crippen LogP contribution in [0.2, 0.25) is 0 Å². The van der Waals surface area contributed by atoms with Crippen LogP contribution < -0.4 is 5.48 Å². The summed E-state index contributed by atoms with van der Waals surface area (Å²) < 4.78 is 0. The molecule has 1 heterocycles. The van der Waals surface area contributed by atoms with E-state index in [9.17, 15) is 9.59 Å². The lowest BCUT2D eigenvalue weighted by Crippen LogP contribution is -2.37. The van der Waals surface area contributed by atoms with E-state index in [1.54, 1.807) is 17.4 Å². The van der Waals surface area contributed by atoms with Crippen LogP contribution in [0.25, 0.3) is 10.9 Å². The van der Waals surface area contributed by atoms with Gasteiger partial charge in [0.15, 0.2) is 0 Å². The summed E-state index contributed by atoms with van der Waals surface area (Å²) in [6.45, 7) is 4.61. The van der Waals surface area contributed by atoms with Crippen LogP contribution in [0.15, 0.2) is 30.5 Å². The highest BCUT2D eigenvalue weighted by molar-refractivity contribution is 5.85. The van der Waals surface area contributed by atoms with Gasteiger partial charge in [0.2, 0.25) is 11.8 Å². The van der Waals surface area contributed by atoms with Crippen LogP contribution in [-0.4, -0.2) is 40.5 Å². The maximum absolute atomic E-state index is 12.7. The molecule has 25 heavy (non-hydrogen) atoms. The van der Waals surface area contributed by atoms with Gasteiger partial charge in [0, 0.05) is 43.0 Å². The van der Waals surface area contributed by atoms with Crippen molar-refractivity contribution in [2.45, 2.75) is 33.1 Å². The van der Waals surface area contributed by atoms with Gasteiger partial charge in [0.25, 0.3) is 0 Å². The lowest BCUT2D eigenvalue weighted by atomic mass is 9.92. The Morgan fingerprint density at radius 1 is 1.28 bits per heavy atom. The lowest BCUT2D eigenvalue weighted by Gasteiger charge is -2.24. The number of likely N-dealkylation sites (N-methyl/N-ethyl adjacent to an activating group) is 1. The molecule has 0 saturated carbocycles. The fourth-order valence-electron chi connectivity index (χ4n) is 3.16. The molecule has 0 radical (unpaired) electrons. The molecule has 3 N–H and O–H groups in total. The molecule has 0 unspecified atom stereocenters. The van der Waals surface area contributed by atoms with Crippen LogP contribution in [0.4, 0.5) is 0 Å². The van der Waals surface area contributed by atoms with Gasteiger partial charge in [0.1, 0.15) is 0 Å². The highest BCUT2D eigenvalue weighted by Crippen LogP contribution is 2.20. The number of benzene rings is 1. The number of hydrogen-bond acceptors (Lipinski definition) is 3. The van der Waals surface area contributed by atoms with Crippen LogP contribution in [-0.2, 0) is 16.0 Å². The first-order chi connectivity index (χ1) is 11.9. The second-order valence-electron chi connectivity index (χ2n) is 6.93. The molecule has 6 heteroatoms. The highest BCUT2D eigenvalue weighted by atomic mass is 16.5. The van der Waals surface area contributed by atoms with Crippen molar-refractivity contribution in [1.29, 1.82) is 0 Å². The summed E-state index contributed by atoms with van der Waals surface area (Å²) in [5, 5.41) is 9.91. The van der Waals surface area contributed by atoms with Gasteiger partial charge >= 0.3 is 0 Å². The molecule has 0 fully saturated rings. The first-order valence-electron chi connectivity index (χ1n) is 8.65. The average molecular weight is 345 g/mol. The molecule has 1 aromatic carbocycles. The Balaban J connectivity index is 2.00. The van der Waals surface area contributed by atoms with Crippen LogP contribution in [0.3, 0.4) is 0 Å². The van der Waals surface area contributed by atoms with Gasteiger partial charge in [-0.05, 0) is 30.4 Å². The number of fused-ring (bicyclic) bond motifs is 1. The SMILES string of the molecule is CC(C)C[C@H](CC(=O)NO)C(=O)N(C)CCc1c[nH]c2ccccc12. The van der Waals surface area contributed by atoms with E-state index in [4.69, 9.17) is 5.21 Å². The van der Waals surface area contributed by atoms with E-state index in [2.05, 4.69) is 11.1 Å². The van der Waals surface area contributed by atoms with Crippen molar-refractivity contribution in [3.8, 4) is 0 Å². The first kappa shape index (κ1) is 19.0. The van der Waals surface area contributed by atoms with Gasteiger partial charge in [-0.1, -0.05) is 32.0 Å². The largest absolute Gasteiger partial charge is 0.361 e. The smallest absolute Gasteiger partial charge is 0.244 e. The second-order valence-corrected chi connectivity index (χ2v) is 6.93. The van der Waals surface area contributed by atoms with E-state index in [0.29, 0.717) is 18.9 Å². The van der Waals surface area contributed by atoms with Crippen LogP contribution >= 0.6 is 0 Å². The van der Waals surface area contributed by atoms with E-state index in [1.807, 2.05) is 38.2 Å². The number of nitrogens with zero attached hydrogens (tertiary/aromatic N) is 1. The number of rotatable bonds is 8. The van der Waals surface area contributed by atoms with Gasteiger partial charge in [-0.25, -0.2) is 5.48 Å². The number of para-hydroxylation sites is 1. The minimum absolute atomic E-state index is 0.00490. The maximum atomic E-state index is 12.7. The molecule has 1 atom stereocenters. The van der Waals surface area contributed by atoms with Crippen molar-refractivity contribution < 1.29 is 14.8 Å². The molecule has 0 aliphatic heterocycles. The van der Waals surface area contributed by atoms with Crippen molar-refractivity contribution >= 4 is 22.7 Å². The molecule has 0 bridgehead atoms. The summed E-state index contributed by atoms with van der Waals surface area (Å²) >= 11 is 0. The monoisotopic (exact) mass is 345 g/mol. The number of nitrogens with one attached hydrogen (secondary N) is 2. The Morgan fingerprint density at radius 2 is 2.00 bits per heavy atom. The molecule has 2 rings (SSSR count). The molecule has 136 valence electrons. The number of hydroxylamine groups is 1. The number of hydrogen-bond donors (Lipinski definition) is 3. The average Bonchev–Trinajstić information content (AvgIpc) is 3.01. The van der Waals surface area contributed by atoms with E-state index >= 15 is 0 Å². The number of carbonyl (C=O) groups excluding carboxylic acids is 2. The zero-order chi connectivity index (χ0) is 18.4. The molecule has 0 aliphatic rings. The van der Waals surface area contributed by atoms with Crippen molar-refractivity contribution in [3.63, 3.8) is 0 Å². The third-order valence-corrected chi connectivity index (χ3v) is 4.43. The molecular formula is C19H27N3O3. The molecule has 2 amide bonds. The van der Waals surface area contributed by atoms with Gasteiger partial charge in [-0.15, -0.1) is 0 Å². The van der Waals surface area contributed by atoms with Gasteiger partial charge in [-0.3, -0.25) is 14.8 Å². The fraction of sp³-hybridized carbons (Fsp3) is 0.474. The normalized spacial score (nSPS) is 12.4. The number of H-pyrrole nitrogens is 1. The Labute approximate surface area is 148 Å². The van der Waals surface area contributed by atoms with Crippen molar-refractivity contribution in [2.24, 2.45) is 11.8 Å². The molecule has 0 aliphatic carbocycles. The second kappa shape index (κ2) is 8.67. The predicted octanol–water partition coefficient (Wildman–Crippen LogP) is 2.73. The Kier molecular flexibility index (Phi) is 6.58. The van der Waals surface area contributed by atoms with Crippen molar-refractivity contribution in [1.82, 2.24) is 15.4 Å². The predicted molar refractivity (Wildman–Crippen MR) is 97.1 cm³/mol. The van der Waals surface area contributed by atoms with E-state index in [1.165, 1.54) is 10.9 Å². The topological polar surface area (TPSA) is 85.4 Å². The summed E-state index contributed by atoms with van der Waals surface area (Å²) in [6.07, 6.45) is 3.34. The lowest BCUT2D eigenvalue weighted by molar-refractivity contribution is -0.140. The van der Waals surface area contributed by atoms with E-state index < -0.39 is 11.8 Å². The van der Waals surface area contributed by atoms with Gasteiger partial charge < -0.3 is 9.88 Å². The van der Waals surface area contributed by atoms with E-state index in [-0.39, 0.29) is 12.3 Å². The van der Waals surface area contributed by atoms with E-state index in [0.717, 1.165) is 11.9 Å². The zero-order valence-corrected chi connectivity index (χ0v) is 15.1. The number of amides is 2. The van der Waals surface area contributed by atoms with Crippen LogP contribution in [0.1, 0.15) is 32.3 Å². The Morgan fingerprint density at radius 3 is 2.68 bits per heavy atom. The molecule has 6 nitrogen and oxygen atoms in total. The highest BCUT2D eigenvalue weighted by Gasteiger charge is 2.25. The fourth-order valence-corrected chi connectivity index (χ4v) is 3.16. The van der Waals surface area contributed by atoms with Gasteiger partial charge in [0.05, 0.1) is 0 Å². The Hall–Kier alpha value is -2.34. The minimum atomic E-state index is -0.524. The molecule has 2 aromatic rings. The third kappa shape index (κ3) is 5.06. The number of aromatic amines is 1. The first-order valence-corrected chi connectivity index (χ1v) is 8.65. The molecule has 0 saturated heterocycles. The van der Waals surface area contributed by atoms with Crippen LogP contribution in [0.5, 0.6) is 0 Å². The quantitative estimate of drug-likeness (QED) is 0.508. The van der Waals surface area contributed by atoms with Gasteiger partial charge in [-0.2, -0.15) is 0 Å². The standard InChI is InChI=1S/C19H27N3O3/c1-13(2)10-15(11-18(23)21-25)19(24)22(3)9-8-14-12-20-17-7-5-4-6-16(14)17/h4-7,12-13,15,20,25H,8-11H2,1-3H3,(H,21,23)/t15-/m1/s1. The maximum Gasteiger partial charge on any atom is 0.244 e. The van der Waals surface area contributed by atoms with Crippen molar-refractivity contribution in [2.75, 3.05) is 13.6 Å². The molecule has 0 spiro atoms. The molecule has 1 aromatic heterocycles. The zero-order valence-electron chi connectivity index (χ0n) is 15.1. The summed E-state index contributed by atoms with van der Waals surface area (Å²) in [7, 11) is 1.77. The number of aromatic nitrogens is 1. The van der Waals surface area contributed by atoms with Crippen LogP contribution in [0, 0.1) is 11.8 Å². The summed E-state index contributed by atoms with van der Waals surface area (Å²) in [5.74, 6) is -0.705. The summed E-state index contributed by atoms with van der Waals surface area (Å²) in [5.41, 5.74) is 3.88. The summed E-state index contributed by atoms with van der Waals surface area (Å²) in [6, 6.07) is 8.08. The minimum Gasteiger partial charge on any atom is -0.361 e. The van der Waals surface area contributed by atoms with Crippen molar-refractivity contribution in [3.05, 3.63) is 36.0 Å². The molecular weight excluding hydrogens is 318 g/mol.